The third kappa shape index (κ3) is 5.57. The predicted molar refractivity (Wildman–Crippen MR) is 126 cm³/mol. The molecule has 0 aromatic carbocycles. The van der Waals surface area contributed by atoms with Crippen LogP contribution in [0.4, 0.5) is 17.5 Å². The van der Waals surface area contributed by atoms with Gasteiger partial charge in [-0.3, -0.25) is 0 Å². The molecule has 0 amide bonds. The Bertz CT molecular complexity index is 893. The Kier molecular flexibility index (Phi) is 7.43. The van der Waals surface area contributed by atoms with Crippen molar-refractivity contribution in [3.63, 3.8) is 0 Å². The maximum atomic E-state index is 11.9. The van der Waals surface area contributed by atoms with Crippen molar-refractivity contribution in [3.8, 4) is 0 Å². The Morgan fingerprint density at radius 2 is 1.97 bits per heavy atom. The molecule has 0 aliphatic heterocycles. The average Bonchev–Trinajstić information content (AvgIpc) is 3.09. The average molecular weight is 449 g/mol. The summed E-state index contributed by atoms with van der Waals surface area (Å²) in [5.74, 6) is 1.19. The van der Waals surface area contributed by atoms with Gasteiger partial charge in [-0.1, -0.05) is 0 Å². The topological polar surface area (TPSA) is 91.4 Å². The predicted octanol–water partition coefficient (Wildman–Crippen LogP) is 3.41. The number of thiophene rings is 1. The molecule has 1 fully saturated rings. The van der Waals surface area contributed by atoms with Crippen molar-refractivity contribution < 1.29 is 9.53 Å². The largest absolute Gasteiger partial charge is 0.465 e. The first-order chi connectivity index (χ1) is 14.4. The normalized spacial score (nSPS) is 18.4. The lowest BCUT2D eigenvalue weighted by Gasteiger charge is -2.30. The maximum absolute atomic E-state index is 11.9. The number of ether oxygens (including phenoxy) is 1. The van der Waals surface area contributed by atoms with Gasteiger partial charge in [-0.05, 0) is 61.8 Å². The van der Waals surface area contributed by atoms with E-state index in [0.717, 1.165) is 42.8 Å². The van der Waals surface area contributed by atoms with Crippen LogP contribution in [0.15, 0.2) is 17.6 Å². The smallest absolute Gasteiger partial charge is 0.350 e. The van der Waals surface area contributed by atoms with Gasteiger partial charge in [0, 0.05) is 32.4 Å². The van der Waals surface area contributed by atoms with Crippen LogP contribution >= 0.6 is 23.6 Å². The van der Waals surface area contributed by atoms with Crippen molar-refractivity contribution in [2.75, 3.05) is 36.7 Å². The van der Waals surface area contributed by atoms with Crippen LogP contribution in [0.2, 0.25) is 0 Å². The van der Waals surface area contributed by atoms with Crippen molar-refractivity contribution in [1.82, 2.24) is 15.3 Å². The van der Waals surface area contributed by atoms with Gasteiger partial charge in [0.1, 0.15) is 10.7 Å². The molecule has 0 atom stereocenters. The summed E-state index contributed by atoms with van der Waals surface area (Å²) in [7, 11) is 5.31. The Hall–Kier alpha value is -2.46. The van der Waals surface area contributed by atoms with E-state index in [0.29, 0.717) is 22.0 Å². The molecule has 2 aromatic rings. The Morgan fingerprint density at radius 3 is 2.63 bits per heavy atom. The molecule has 162 valence electrons. The number of carbonyl (C=O) groups excluding carboxylic acids is 1. The number of hydrogen-bond acceptors (Lipinski definition) is 8. The van der Waals surface area contributed by atoms with Crippen molar-refractivity contribution in [1.29, 1.82) is 0 Å². The minimum Gasteiger partial charge on any atom is -0.465 e. The zero-order valence-electron chi connectivity index (χ0n) is 17.7. The lowest BCUT2D eigenvalue weighted by molar-refractivity contribution is 0.0607. The number of nitrogens with one attached hydrogen (secondary N) is 3. The van der Waals surface area contributed by atoms with E-state index < -0.39 is 0 Å². The quantitative estimate of drug-likeness (QED) is 0.454. The number of rotatable bonds is 6. The summed E-state index contributed by atoms with van der Waals surface area (Å²) in [6, 6.07) is 2.52. The minimum absolute atomic E-state index is 0.289. The summed E-state index contributed by atoms with van der Waals surface area (Å²) in [5.41, 5.74) is 1.69. The molecule has 3 N–H and O–H groups in total. The number of carbonyl (C=O) groups is 1. The summed E-state index contributed by atoms with van der Waals surface area (Å²) < 4.78 is 4.85. The van der Waals surface area contributed by atoms with Crippen LogP contribution < -0.4 is 20.9 Å². The number of methoxy groups -OCH3 is 1. The molecule has 8 nitrogen and oxygen atoms in total. The van der Waals surface area contributed by atoms with Crippen molar-refractivity contribution in [3.05, 3.63) is 28.1 Å². The molecule has 0 radical (unpaired) electrons. The highest BCUT2D eigenvalue weighted by Gasteiger charge is 2.23. The standard InChI is InChI=1S/C20H28N6O2S2/c1-12-11-30-17(18(27)28-4)16(12)25-20(29)23-14-7-5-13(6-8-14)22-19-21-10-9-15(24-19)26(2)3/h9-11,13-14H,5-8H2,1-4H3,(H,21,22,24)(H2,23,25,29)/t13-,14+. The van der Waals surface area contributed by atoms with Gasteiger partial charge in [0.15, 0.2) is 5.11 Å². The van der Waals surface area contributed by atoms with Gasteiger partial charge in [-0.2, -0.15) is 4.98 Å². The Morgan fingerprint density at radius 1 is 1.27 bits per heavy atom. The second-order valence-corrected chi connectivity index (χ2v) is 8.83. The van der Waals surface area contributed by atoms with E-state index in [1.807, 2.05) is 37.4 Å². The van der Waals surface area contributed by atoms with Crippen LogP contribution in [0.5, 0.6) is 0 Å². The van der Waals surface area contributed by atoms with Crippen molar-refractivity contribution in [2.24, 2.45) is 0 Å². The van der Waals surface area contributed by atoms with Crippen LogP contribution in [0.25, 0.3) is 0 Å². The minimum atomic E-state index is -0.356. The number of hydrogen-bond donors (Lipinski definition) is 3. The van der Waals surface area contributed by atoms with Gasteiger partial charge in [-0.15, -0.1) is 11.3 Å². The van der Waals surface area contributed by atoms with Gasteiger partial charge in [-0.25, -0.2) is 9.78 Å². The zero-order chi connectivity index (χ0) is 21.7. The molecule has 0 saturated heterocycles. The van der Waals surface area contributed by atoms with Gasteiger partial charge >= 0.3 is 5.97 Å². The van der Waals surface area contributed by atoms with E-state index in [2.05, 4.69) is 25.9 Å². The summed E-state index contributed by atoms with van der Waals surface area (Å²) in [4.78, 5) is 23.3. The molecule has 2 heterocycles. The fraction of sp³-hybridized carbons (Fsp3) is 0.500. The summed E-state index contributed by atoms with van der Waals surface area (Å²) in [6.45, 7) is 1.94. The highest BCUT2D eigenvalue weighted by atomic mass is 32.1. The molecular formula is C20H28N6O2S2. The van der Waals surface area contributed by atoms with E-state index in [1.165, 1.54) is 18.4 Å². The van der Waals surface area contributed by atoms with E-state index in [-0.39, 0.29) is 12.0 Å². The number of nitrogens with zero attached hydrogens (tertiary/aromatic N) is 3. The first-order valence-corrected chi connectivity index (χ1v) is 11.2. The molecule has 0 spiro atoms. The molecule has 0 unspecified atom stereocenters. The monoisotopic (exact) mass is 448 g/mol. The number of thiocarbonyl (C=S) groups is 1. The number of aromatic nitrogens is 2. The lowest BCUT2D eigenvalue weighted by atomic mass is 9.91. The van der Waals surface area contributed by atoms with Crippen LogP contribution in [-0.4, -0.2) is 54.3 Å². The molecule has 2 aromatic heterocycles. The van der Waals surface area contributed by atoms with Crippen molar-refractivity contribution in [2.45, 2.75) is 44.7 Å². The van der Waals surface area contributed by atoms with Crippen molar-refractivity contribution >= 4 is 52.1 Å². The molecule has 30 heavy (non-hydrogen) atoms. The zero-order valence-corrected chi connectivity index (χ0v) is 19.3. The van der Waals surface area contributed by atoms with Gasteiger partial charge in [0.05, 0.1) is 12.8 Å². The highest BCUT2D eigenvalue weighted by molar-refractivity contribution is 7.80. The molecule has 1 aliphatic carbocycles. The molecule has 0 bridgehead atoms. The molecule has 1 aliphatic rings. The van der Waals surface area contributed by atoms with Gasteiger partial charge in [0.2, 0.25) is 5.95 Å². The van der Waals surface area contributed by atoms with E-state index >= 15 is 0 Å². The summed E-state index contributed by atoms with van der Waals surface area (Å²) in [5, 5.41) is 12.5. The molecule has 10 heteroatoms. The van der Waals surface area contributed by atoms with Gasteiger partial charge < -0.3 is 25.6 Å². The van der Waals surface area contributed by atoms with Crippen LogP contribution in [0.1, 0.15) is 40.9 Å². The fourth-order valence-corrected chi connectivity index (χ4v) is 4.60. The third-order valence-corrected chi connectivity index (χ3v) is 6.38. The van der Waals surface area contributed by atoms with E-state index in [4.69, 9.17) is 17.0 Å². The van der Waals surface area contributed by atoms with Gasteiger partial charge in [0.25, 0.3) is 0 Å². The van der Waals surface area contributed by atoms with Crippen LogP contribution in [-0.2, 0) is 4.74 Å². The summed E-state index contributed by atoms with van der Waals surface area (Å²) >= 11 is 6.84. The number of esters is 1. The second kappa shape index (κ2) is 10.0. The Balaban J connectivity index is 1.49. The number of anilines is 3. The molecule has 3 rings (SSSR count). The first-order valence-electron chi connectivity index (χ1n) is 9.88. The maximum Gasteiger partial charge on any atom is 0.350 e. The van der Waals surface area contributed by atoms with Crippen LogP contribution in [0.3, 0.4) is 0 Å². The lowest BCUT2D eigenvalue weighted by Crippen LogP contribution is -2.42. The first kappa shape index (κ1) is 22.2. The summed E-state index contributed by atoms with van der Waals surface area (Å²) in [6.07, 6.45) is 5.75. The fourth-order valence-electron chi connectivity index (χ4n) is 3.41. The van der Waals surface area contributed by atoms with Crippen LogP contribution in [0, 0.1) is 6.92 Å². The second-order valence-electron chi connectivity index (χ2n) is 7.54. The van der Waals surface area contributed by atoms with E-state index in [9.17, 15) is 4.79 Å². The highest BCUT2D eigenvalue weighted by Crippen LogP contribution is 2.28. The van der Waals surface area contributed by atoms with E-state index in [1.54, 1.807) is 6.20 Å². The number of aryl methyl sites for hydroxylation is 1. The molecule has 1 saturated carbocycles. The Labute approximate surface area is 186 Å². The SMILES string of the molecule is COC(=O)c1scc(C)c1NC(=S)N[C@H]1CC[C@@H](Nc2nccc(N(C)C)n2)CC1. The third-order valence-electron chi connectivity index (χ3n) is 5.08. The molecular weight excluding hydrogens is 420 g/mol.